The first-order chi connectivity index (χ1) is 16.8. The van der Waals surface area contributed by atoms with Crippen LogP contribution < -0.4 is 9.47 Å². The number of ether oxygens (including phenoxy) is 3. The molecule has 2 aromatic rings. The Kier molecular flexibility index (Phi) is 5.92. The molecule has 0 spiro atoms. The molecule has 3 heterocycles. The molecule has 2 aliphatic heterocycles. The lowest BCUT2D eigenvalue weighted by molar-refractivity contribution is -0.145. The van der Waals surface area contributed by atoms with Gasteiger partial charge < -0.3 is 18.8 Å². The molecule has 9 nitrogen and oxygen atoms in total. The Labute approximate surface area is 202 Å². The van der Waals surface area contributed by atoms with Crippen molar-refractivity contribution in [3.63, 3.8) is 0 Å². The van der Waals surface area contributed by atoms with Gasteiger partial charge in [-0.05, 0) is 44.9 Å². The quantitative estimate of drug-likeness (QED) is 0.261. The number of esters is 1. The van der Waals surface area contributed by atoms with Gasteiger partial charge in [0.1, 0.15) is 0 Å². The van der Waals surface area contributed by atoms with Crippen molar-refractivity contribution in [3.8, 4) is 17.2 Å². The van der Waals surface area contributed by atoms with Crippen molar-refractivity contribution in [1.29, 1.82) is 0 Å². The Morgan fingerprint density at radius 2 is 1.69 bits per heavy atom. The van der Waals surface area contributed by atoms with Gasteiger partial charge >= 0.3 is 5.97 Å². The third kappa shape index (κ3) is 4.11. The summed E-state index contributed by atoms with van der Waals surface area (Å²) in [6, 6.07) is 7.31. The number of imide groups is 1. The SMILES string of the molecule is Cc1cc(C(=O)COC(=O)CCN2C(=O)[C@@H]3CC=CC[C@H]3C2=O)c(C)n1-c1ccc2c(c1)OCO2. The lowest BCUT2D eigenvalue weighted by Gasteiger charge is -2.14. The second-order valence-electron chi connectivity index (χ2n) is 8.98. The molecule has 0 N–H and O–H groups in total. The highest BCUT2D eigenvalue weighted by molar-refractivity contribution is 6.05. The molecule has 3 aliphatic rings. The van der Waals surface area contributed by atoms with E-state index in [1.165, 1.54) is 0 Å². The molecule has 1 aliphatic carbocycles. The number of carbonyl (C=O) groups is 4. The van der Waals surface area contributed by atoms with Crippen LogP contribution in [-0.2, 0) is 19.1 Å². The predicted octanol–water partition coefficient (Wildman–Crippen LogP) is 2.89. The summed E-state index contributed by atoms with van der Waals surface area (Å²) in [6.07, 6.45) is 4.79. The molecule has 1 fully saturated rings. The molecule has 1 aromatic heterocycles. The predicted molar refractivity (Wildman–Crippen MR) is 123 cm³/mol. The van der Waals surface area contributed by atoms with Crippen LogP contribution in [0.25, 0.3) is 5.69 Å². The number of hydrogen-bond acceptors (Lipinski definition) is 7. The van der Waals surface area contributed by atoms with Crippen molar-refractivity contribution >= 4 is 23.6 Å². The molecular weight excluding hydrogens is 452 g/mol. The van der Waals surface area contributed by atoms with Gasteiger partial charge in [-0.15, -0.1) is 0 Å². The number of carbonyl (C=O) groups excluding carboxylic acids is 4. The number of amides is 2. The topological polar surface area (TPSA) is 104 Å². The van der Waals surface area contributed by atoms with E-state index in [9.17, 15) is 19.2 Å². The van der Waals surface area contributed by atoms with E-state index in [1.54, 1.807) is 6.07 Å². The van der Waals surface area contributed by atoms with Crippen LogP contribution in [0.3, 0.4) is 0 Å². The Morgan fingerprint density at radius 3 is 2.40 bits per heavy atom. The van der Waals surface area contributed by atoms with Gasteiger partial charge in [-0.2, -0.15) is 0 Å². The first-order valence-electron chi connectivity index (χ1n) is 11.6. The Morgan fingerprint density at radius 1 is 1.00 bits per heavy atom. The fourth-order valence-electron chi connectivity index (χ4n) is 5.06. The van der Waals surface area contributed by atoms with Crippen LogP contribution >= 0.6 is 0 Å². The van der Waals surface area contributed by atoms with E-state index in [2.05, 4.69) is 0 Å². The maximum atomic E-state index is 12.8. The van der Waals surface area contributed by atoms with Crippen molar-refractivity contribution in [3.05, 3.63) is 53.4 Å². The van der Waals surface area contributed by atoms with Crippen molar-refractivity contribution < 1.29 is 33.4 Å². The van der Waals surface area contributed by atoms with Gasteiger partial charge in [-0.25, -0.2) is 0 Å². The summed E-state index contributed by atoms with van der Waals surface area (Å²) in [6.45, 7) is 3.44. The molecule has 5 rings (SSSR count). The molecule has 0 radical (unpaired) electrons. The van der Waals surface area contributed by atoms with Crippen LogP contribution in [0.1, 0.15) is 41.0 Å². The fraction of sp³-hybridized carbons (Fsp3) is 0.385. The van der Waals surface area contributed by atoms with E-state index in [0.717, 1.165) is 16.3 Å². The average molecular weight is 479 g/mol. The normalized spacial score (nSPS) is 20.3. The second kappa shape index (κ2) is 9.05. The van der Waals surface area contributed by atoms with Gasteiger partial charge in [0.25, 0.3) is 0 Å². The van der Waals surface area contributed by atoms with Gasteiger partial charge in [-0.3, -0.25) is 24.1 Å². The van der Waals surface area contributed by atoms with E-state index in [1.807, 2.05) is 48.8 Å². The van der Waals surface area contributed by atoms with Crippen molar-refractivity contribution in [2.75, 3.05) is 19.9 Å². The number of nitrogens with zero attached hydrogens (tertiary/aromatic N) is 2. The number of Topliss-reactive ketones (excluding diaryl/α,β-unsaturated/α-hetero) is 1. The van der Waals surface area contributed by atoms with Gasteiger partial charge in [0.2, 0.25) is 24.4 Å². The average Bonchev–Trinajstić information content (AvgIpc) is 3.51. The van der Waals surface area contributed by atoms with E-state index in [4.69, 9.17) is 14.2 Å². The van der Waals surface area contributed by atoms with E-state index >= 15 is 0 Å². The lowest BCUT2D eigenvalue weighted by Crippen LogP contribution is -2.33. The highest BCUT2D eigenvalue weighted by atomic mass is 16.7. The first kappa shape index (κ1) is 22.9. The Balaban J connectivity index is 1.19. The minimum Gasteiger partial charge on any atom is -0.457 e. The van der Waals surface area contributed by atoms with Crippen LogP contribution in [0.5, 0.6) is 11.5 Å². The van der Waals surface area contributed by atoms with Crippen molar-refractivity contribution in [1.82, 2.24) is 9.47 Å². The summed E-state index contributed by atoms with van der Waals surface area (Å²) < 4.78 is 17.9. The molecule has 182 valence electrons. The maximum Gasteiger partial charge on any atom is 0.308 e. The molecular formula is C26H26N2O7. The van der Waals surface area contributed by atoms with Gasteiger partial charge in [0, 0.05) is 35.2 Å². The van der Waals surface area contributed by atoms with Crippen LogP contribution in [0, 0.1) is 25.7 Å². The number of hydrogen-bond donors (Lipinski definition) is 0. The summed E-state index contributed by atoms with van der Waals surface area (Å²) >= 11 is 0. The minimum atomic E-state index is -0.628. The van der Waals surface area contributed by atoms with E-state index in [0.29, 0.717) is 35.6 Å². The second-order valence-corrected chi connectivity index (χ2v) is 8.98. The van der Waals surface area contributed by atoms with Crippen LogP contribution in [0.2, 0.25) is 0 Å². The van der Waals surface area contributed by atoms with E-state index < -0.39 is 12.6 Å². The standard InChI is InChI=1S/C26H26N2O7/c1-15-11-20(16(2)28(15)17-7-8-22-23(12-17)35-14-34-22)21(29)13-33-24(30)9-10-27-25(31)18-5-3-4-6-19(18)26(27)32/h3-4,7-8,11-12,18-19H,5-6,9-10,13-14H2,1-2H3/t18-,19-/m1/s1. The number of fused-ring (bicyclic) bond motifs is 2. The highest BCUT2D eigenvalue weighted by Gasteiger charge is 2.47. The van der Waals surface area contributed by atoms with Crippen LogP contribution in [0.15, 0.2) is 36.4 Å². The number of aromatic nitrogens is 1. The number of ketones is 1. The summed E-state index contributed by atoms with van der Waals surface area (Å²) in [5.41, 5.74) is 2.84. The highest BCUT2D eigenvalue weighted by Crippen LogP contribution is 2.36. The molecule has 9 heteroatoms. The van der Waals surface area contributed by atoms with Gasteiger partial charge in [0.05, 0.1) is 18.3 Å². The number of likely N-dealkylation sites (tertiary alicyclic amines) is 1. The van der Waals surface area contributed by atoms with E-state index in [-0.39, 0.29) is 49.2 Å². The molecule has 1 saturated heterocycles. The zero-order chi connectivity index (χ0) is 24.7. The van der Waals surface area contributed by atoms with Crippen LogP contribution in [-0.4, -0.2) is 53.0 Å². The third-order valence-electron chi connectivity index (χ3n) is 6.85. The zero-order valence-electron chi connectivity index (χ0n) is 19.6. The monoisotopic (exact) mass is 478 g/mol. The number of benzene rings is 1. The molecule has 1 aromatic carbocycles. The molecule has 2 amide bonds. The molecule has 2 atom stereocenters. The Hall–Kier alpha value is -3.88. The fourth-order valence-corrected chi connectivity index (χ4v) is 5.06. The third-order valence-corrected chi connectivity index (χ3v) is 6.85. The summed E-state index contributed by atoms with van der Waals surface area (Å²) in [5.74, 6) is -0.765. The molecule has 35 heavy (non-hydrogen) atoms. The molecule has 0 unspecified atom stereocenters. The summed E-state index contributed by atoms with van der Waals surface area (Å²) in [7, 11) is 0. The zero-order valence-corrected chi connectivity index (χ0v) is 19.6. The van der Waals surface area contributed by atoms with Gasteiger partial charge in [0.15, 0.2) is 18.1 Å². The van der Waals surface area contributed by atoms with Gasteiger partial charge in [-0.1, -0.05) is 12.2 Å². The summed E-state index contributed by atoms with van der Waals surface area (Å²) in [5, 5.41) is 0. The smallest absolute Gasteiger partial charge is 0.308 e. The largest absolute Gasteiger partial charge is 0.457 e. The van der Waals surface area contributed by atoms with Crippen LogP contribution in [0.4, 0.5) is 0 Å². The Bertz CT molecular complexity index is 1230. The van der Waals surface area contributed by atoms with Crippen molar-refractivity contribution in [2.45, 2.75) is 33.1 Å². The maximum absolute atomic E-state index is 12.8. The lowest BCUT2D eigenvalue weighted by atomic mass is 9.85. The van der Waals surface area contributed by atoms with Crippen molar-refractivity contribution in [2.24, 2.45) is 11.8 Å². The minimum absolute atomic E-state index is 0.0314. The number of rotatable bonds is 7. The molecule has 0 bridgehead atoms. The number of allylic oxidation sites excluding steroid dienone is 2. The first-order valence-corrected chi connectivity index (χ1v) is 11.6. The number of aryl methyl sites for hydroxylation is 1. The summed E-state index contributed by atoms with van der Waals surface area (Å²) in [4.78, 5) is 51.3. The molecule has 0 saturated carbocycles.